The summed E-state index contributed by atoms with van der Waals surface area (Å²) in [5.74, 6) is 0.107. The van der Waals surface area contributed by atoms with Gasteiger partial charge in [-0.25, -0.2) is 0 Å². The van der Waals surface area contributed by atoms with E-state index in [2.05, 4.69) is 4.74 Å². The van der Waals surface area contributed by atoms with E-state index >= 15 is 0 Å². The lowest BCUT2D eigenvalue weighted by molar-refractivity contribution is -0.140. The van der Waals surface area contributed by atoms with Crippen LogP contribution in [-0.2, 0) is 22.1 Å². The van der Waals surface area contributed by atoms with Gasteiger partial charge in [-0.2, -0.15) is 13.2 Å². The van der Waals surface area contributed by atoms with E-state index in [1.54, 1.807) is 24.3 Å². The molecule has 116 valence electrons. The summed E-state index contributed by atoms with van der Waals surface area (Å²) in [6.07, 6.45) is -4.29. The van der Waals surface area contributed by atoms with Crippen LogP contribution in [0.4, 0.5) is 13.2 Å². The van der Waals surface area contributed by atoms with Gasteiger partial charge in [0, 0.05) is 0 Å². The average molecular weight is 310 g/mol. The zero-order valence-corrected chi connectivity index (χ0v) is 11.7. The Morgan fingerprint density at radius 1 is 1.05 bits per heavy atom. The largest absolute Gasteiger partial charge is 0.469 e. The second-order valence-electron chi connectivity index (χ2n) is 4.52. The monoisotopic (exact) mass is 310 g/mol. The van der Waals surface area contributed by atoms with Crippen LogP contribution in [0.5, 0.6) is 11.5 Å². The second-order valence-corrected chi connectivity index (χ2v) is 4.52. The zero-order chi connectivity index (χ0) is 16.2. The minimum Gasteiger partial charge on any atom is -0.469 e. The standard InChI is InChI=1S/C16H13F3O3/c1-21-15(20)9-11-5-7-13(8-6-11)22-14-4-2-3-12(10-14)16(17,18)19/h2-8,10H,9H2,1H3. The first-order valence-electron chi connectivity index (χ1n) is 6.39. The molecule has 0 spiro atoms. The molecule has 0 atom stereocenters. The van der Waals surface area contributed by atoms with Crippen LogP contribution < -0.4 is 4.74 Å². The number of carbonyl (C=O) groups is 1. The van der Waals surface area contributed by atoms with Crippen molar-refractivity contribution in [2.24, 2.45) is 0 Å². The van der Waals surface area contributed by atoms with E-state index in [0.717, 1.165) is 17.7 Å². The van der Waals surface area contributed by atoms with E-state index in [0.29, 0.717) is 5.75 Å². The third kappa shape index (κ3) is 4.25. The van der Waals surface area contributed by atoms with E-state index < -0.39 is 11.7 Å². The summed E-state index contributed by atoms with van der Waals surface area (Å²) in [6, 6.07) is 11.1. The molecule has 0 radical (unpaired) electrons. The minimum absolute atomic E-state index is 0.0931. The Hall–Kier alpha value is -2.50. The van der Waals surface area contributed by atoms with Crippen molar-refractivity contribution >= 4 is 5.97 Å². The number of esters is 1. The molecular formula is C16H13F3O3. The summed E-state index contributed by atoms with van der Waals surface area (Å²) in [4.78, 5) is 11.1. The second kappa shape index (κ2) is 6.51. The van der Waals surface area contributed by atoms with Crippen molar-refractivity contribution in [3.8, 4) is 11.5 Å². The fraction of sp³-hybridized carbons (Fsp3) is 0.188. The van der Waals surface area contributed by atoms with Crippen LogP contribution in [0.25, 0.3) is 0 Å². The van der Waals surface area contributed by atoms with Crippen molar-refractivity contribution in [3.05, 3.63) is 59.7 Å². The first-order valence-corrected chi connectivity index (χ1v) is 6.39. The molecule has 0 aliphatic heterocycles. The minimum atomic E-state index is -4.41. The fourth-order valence-corrected chi connectivity index (χ4v) is 1.79. The van der Waals surface area contributed by atoms with E-state index in [1.807, 2.05) is 0 Å². The van der Waals surface area contributed by atoms with Crippen LogP contribution in [0, 0.1) is 0 Å². The highest BCUT2D eigenvalue weighted by Crippen LogP contribution is 2.32. The number of carbonyl (C=O) groups excluding carboxylic acids is 1. The van der Waals surface area contributed by atoms with Crippen molar-refractivity contribution in [3.63, 3.8) is 0 Å². The number of ether oxygens (including phenoxy) is 2. The van der Waals surface area contributed by atoms with Crippen molar-refractivity contribution in [2.45, 2.75) is 12.6 Å². The molecule has 0 aliphatic carbocycles. The molecule has 2 aromatic carbocycles. The molecule has 0 amide bonds. The van der Waals surface area contributed by atoms with Crippen molar-refractivity contribution in [1.82, 2.24) is 0 Å². The maximum atomic E-state index is 12.6. The quantitative estimate of drug-likeness (QED) is 0.793. The van der Waals surface area contributed by atoms with Gasteiger partial charge in [-0.1, -0.05) is 18.2 Å². The molecule has 0 bridgehead atoms. The summed E-state index contributed by atoms with van der Waals surface area (Å²) >= 11 is 0. The maximum absolute atomic E-state index is 12.6. The molecule has 2 rings (SSSR count). The smallest absolute Gasteiger partial charge is 0.416 e. The molecule has 3 nitrogen and oxygen atoms in total. The van der Waals surface area contributed by atoms with Crippen LogP contribution in [0.15, 0.2) is 48.5 Å². The normalized spacial score (nSPS) is 11.1. The molecular weight excluding hydrogens is 297 g/mol. The summed E-state index contributed by atoms with van der Waals surface area (Å²) in [7, 11) is 1.30. The number of alkyl halides is 3. The Kier molecular flexibility index (Phi) is 4.70. The van der Waals surface area contributed by atoms with Gasteiger partial charge < -0.3 is 9.47 Å². The first-order chi connectivity index (χ1) is 10.4. The van der Waals surface area contributed by atoms with Gasteiger partial charge >= 0.3 is 12.1 Å². The van der Waals surface area contributed by atoms with E-state index in [9.17, 15) is 18.0 Å². The van der Waals surface area contributed by atoms with Crippen molar-refractivity contribution in [2.75, 3.05) is 7.11 Å². The number of benzene rings is 2. The zero-order valence-electron chi connectivity index (χ0n) is 11.7. The molecule has 6 heteroatoms. The maximum Gasteiger partial charge on any atom is 0.416 e. The molecule has 0 aromatic heterocycles. The Bertz CT molecular complexity index is 648. The van der Waals surface area contributed by atoms with Crippen LogP contribution >= 0.6 is 0 Å². The molecule has 0 unspecified atom stereocenters. The van der Waals surface area contributed by atoms with Gasteiger partial charge in [-0.3, -0.25) is 4.79 Å². The van der Waals surface area contributed by atoms with Gasteiger partial charge in [-0.15, -0.1) is 0 Å². The Labute approximate surface area is 125 Å². The van der Waals surface area contributed by atoms with Gasteiger partial charge in [0.05, 0.1) is 19.1 Å². The van der Waals surface area contributed by atoms with Gasteiger partial charge in [0.1, 0.15) is 11.5 Å². The summed E-state index contributed by atoms with van der Waals surface area (Å²) < 4.78 is 47.8. The number of hydrogen-bond donors (Lipinski definition) is 0. The van der Waals surface area contributed by atoms with Crippen molar-refractivity contribution in [1.29, 1.82) is 0 Å². The highest BCUT2D eigenvalue weighted by molar-refractivity contribution is 5.72. The molecule has 0 aliphatic rings. The molecule has 2 aromatic rings. The lowest BCUT2D eigenvalue weighted by atomic mass is 10.1. The molecule has 0 N–H and O–H groups in total. The third-order valence-corrected chi connectivity index (χ3v) is 2.90. The van der Waals surface area contributed by atoms with Crippen LogP contribution in [0.2, 0.25) is 0 Å². The number of methoxy groups -OCH3 is 1. The van der Waals surface area contributed by atoms with E-state index in [4.69, 9.17) is 4.74 Å². The molecule has 0 saturated heterocycles. The van der Waals surface area contributed by atoms with Gasteiger partial charge in [-0.05, 0) is 35.9 Å². The number of rotatable bonds is 4. The van der Waals surface area contributed by atoms with E-state index in [-0.39, 0.29) is 18.1 Å². The third-order valence-electron chi connectivity index (χ3n) is 2.90. The highest BCUT2D eigenvalue weighted by atomic mass is 19.4. The van der Waals surface area contributed by atoms with Crippen LogP contribution in [-0.4, -0.2) is 13.1 Å². The molecule has 0 heterocycles. The molecule has 0 saturated carbocycles. The van der Waals surface area contributed by atoms with Crippen LogP contribution in [0.3, 0.4) is 0 Å². The molecule has 22 heavy (non-hydrogen) atoms. The topological polar surface area (TPSA) is 35.5 Å². The fourth-order valence-electron chi connectivity index (χ4n) is 1.79. The highest BCUT2D eigenvalue weighted by Gasteiger charge is 2.30. The predicted octanol–water partition coefficient (Wildman–Crippen LogP) is 4.21. The Morgan fingerprint density at radius 2 is 1.73 bits per heavy atom. The Morgan fingerprint density at radius 3 is 2.32 bits per heavy atom. The van der Waals surface area contributed by atoms with Crippen LogP contribution in [0.1, 0.15) is 11.1 Å². The Balaban J connectivity index is 2.09. The van der Waals surface area contributed by atoms with E-state index in [1.165, 1.54) is 19.2 Å². The number of halogens is 3. The summed E-state index contributed by atoms with van der Waals surface area (Å²) in [6.45, 7) is 0. The van der Waals surface area contributed by atoms with Gasteiger partial charge in [0.25, 0.3) is 0 Å². The van der Waals surface area contributed by atoms with Gasteiger partial charge in [0.2, 0.25) is 0 Å². The van der Waals surface area contributed by atoms with Crippen molar-refractivity contribution < 1.29 is 27.4 Å². The molecule has 0 fully saturated rings. The lowest BCUT2D eigenvalue weighted by Gasteiger charge is -2.10. The van der Waals surface area contributed by atoms with Gasteiger partial charge in [0.15, 0.2) is 0 Å². The first kappa shape index (κ1) is 15.9. The number of hydrogen-bond acceptors (Lipinski definition) is 3. The summed E-state index contributed by atoms with van der Waals surface area (Å²) in [5, 5.41) is 0. The predicted molar refractivity (Wildman–Crippen MR) is 73.7 cm³/mol. The average Bonchev–Trinajstić information content (AvgIpc) is 2.48. The summed E-state index contributed by atoms with van der Waals surface area (Å²) in [5.41, 5.74) is -0.0458. The SMILES string of the molecule is COC(=O)Cc1ccc(Oc2cccc(C(F)(F)F)c2)cc1. The lowest BCUT2D eigenvalue weighted by Crippen LogP contribution is -2.04.